The molecule has 7 nitrogen and oxygen atoms in total. The molecule has 0 unspecified atom stereocenters. The van der Waals surface area contributed by atoms with Crippen LogP contribution in [0.1, 0.15) is 26.7 Å². The molecule has 2 aliphatic heterocycles. The molecule has 0 atom stereocenters. The number of benzene rings is 1. The number of para-hydroxylation sites is 2. The molecule has 3 heterocycles. The SMILES string of the molecule is CC(C)N1CCC(NC(=O)N2CCN(c3cnccn3)c3ccccc32)CC1. The number of aromatic nitrogens is 2. The molecule has 4 rings (SSSR count). The summed E-state index contributed by atoms with van der Waals surface area (Å²) in [5.74, 6) is 0.802. The highest BCUT2D eigenvalue weighted by molar-refractivity contribution is 5.97. The maximum Gasteiger partial charge on any atom is 0.322 e. The molecular weight excluding hydrogens is 352 g/mol. The average Bonchev–Trinajstić information content (AvgIpc) is 2.74. The van der Waals surface area contributed by atoms with Crippen LogP contribution in [0.15, 0.2) is 42.9 Å². The highest BCUT2D eigenvalue weighted by Gasteiger charge is 2.30. The monoisotopic (exact) mass is 380 g/mol. The second-order valence-electron chi connectivity index (χ2n) is 7.71. The number of carbonyl (C=O) groups is 1. The number of nitrogens with one attached hydrogen (secondary N) is 1. The van der Waals surface area contributed by atoms with Crippen LogP contribution < -0.4 is 15.1 Å². The lowest BCUT2D eigenvalue weighted by atomic mass is 10.0. The van der Waals surface area contributed by atoms with Crippen LogP contribution in [0.3, 0.4) is 0 Å². The van der Waals surface area contributed by atoms with Gasteiger partial charge in [-0.05, 0) is 38.8 Å². The number of nitrogens with zero attached hydrogens (tertiary/aromatic N) is 5. The lowest BCUT2D eigenvalue weighted by Gasteiger charge is -2.39. The van der Waals surface area contributed by atoms with E-state index in [2.05, 4.69) is 38.9 Å². The fraction of sp³-hybridized carbons (Fsp3) is 0.476. The van der Waals surface area contributed by atoms with Crippen LogP contribution in [-0.4, -0.2) is 59.2 Å². The van der Waals surface area contributed by atoms with Gasteiger partial charge in [-0.1, -0.05) is 12.1 Å². The van der Waals surface area contributed by atoms with Gasteiger partial charge in [-0.25, -0.2) is 9.78 Å². The molecule has 0 saturated carbocycles. The van der Waals surface area contributed by atoms with Gasteiger partial charge in [0.2, 0.25) is 0 Å². The second-order valence-corrected chi connectivity index (χ2v) is 7.71. The van der Waals surface area contributed by atoms with Gasteiger partial charge in [0.1, 0.15) is 0 Å². The maximum absolute atomic E-state index is 13.0. The predicted octanol–water partition coefficient (Wildman–Crippen LogP) is 3.02. The topological polar surface area (TPSA) is 64.6 Å². The summed E-state index contributed by atoms with van der Waals surface area (Å²) in [6.45, 7) is 7.84. The molecule has 0 radical (unpaired) electrons. The van der Waals surface area contributed by atoms with Crippen molar-refractivity contribution in [2.45, 2.75) is 38.8 Å². The van der Waals surface area contributed by atoms with Gasteiger partial charge >= 0.3 is 6.03 Å². The number of urea groups is 1. The summed E-state index contributed by atoms with van der Waals surface area (Å²) in [6, 6.07) is 8.80. The predicted molar refractivity (Wildman–Crippen MR) is 111 cm³/mol. The lowest BCUT2D eigenvalue weighted by molar-refractivity contribution is 0.162. The van der Waals surface area contributed by atoms with Crippen molar-refractivity contribution in [3.8, 4) is 0 Å². The summed E-state index contributed by atoms with van der Waals surface area (Å²) in [6.07, 6.45) is 7.13. The van der Waals surface area contributed by atoms with Crippen molar-refractivity contribution in [3.05, 3.63) is 42.9 Å². The zero-order valence-electron chi connectivity index (χ0n) is 16.6. The fourth-order valence-corrected chi connectivity index (χ4v) is 4.05. The standard InChI is InChI=1S/C21H28N6O/c1-16(2)25-11-7-17(8-12-25)24-21(28)27-14-13-26(20-15-22-9-10-23-20)18-5-3-4-6-19(18)27/h3-6,9-10,15-17H,7-8,11-14H2,1-2H3,(H,24,28). The van der Waals surface area contributed by atoms with Crippen LogP contribution in [-0.2, 0) is 0 Å². The molecule has 0 aliphatic carbocycles. The van der Waals surface area contributed by atoms with Gasteiger partial charge in [-0.15, -0.1) is 0 Å². The Labute approximate surface area is 166 Å². The van der Waals surface area contributed by atoms with E-state index in [-0.39, 0.29) is 12.1 Å². The van der Waals surface area contributed by atoms with Crippen LogP contribution in [0, 0.1) is 0 Å². The molecule has 1 fully saturated rings. The zero-order valence-corrected chi connectivity index (χ0v) is 16.6. The van der Waals surface area contributed by atoms with Gasteiger partial charge < -0.3 is 15.1 Å². The number of hydrogen-bond acceptors (Lipinski definition) is 5. The van der Waals surface area contributed by atoms with Crippen molar-refractivity contribution in [1.29, 1.82) is 0 Å². The molecular formula is C21H28N6O. The normalized spacial score (nSPS) is 18.2. The third kappa shape index (κ3) is 3.80. The first-order valence-corrected chi connectivity index (χ1v) is 10.1. The van der Waals surface area contributed by atoms with Crippen molar-refractivity contribution < 1.29 is 4.79 Å². The molecule has 2 amide bonds. The van der Waals surface area contributed by atoms with E-state index in [1.54, 1.807) is 18.6 Å². The number of hydrogen-bond donors (Lipinski definition) is 1. The molecule has 28 heavy (non-hydrogen) atoms. The van der Waals surface area contributed by atoms with Crippen LogP contribution >= 0.6 is 0 Å². The first kappa shape index (κ1) is 18.7. The van der Waals surface area contributed by atoms with Gasteiger partial charge in [0.05, 0.1) is 17.6 Å². The van der Waals surface area contributed by atoms with Crippen LogP contribution in [0.4, 0.5) is 22.0 Å². The van der Waals surface area contributed by atoms with Gasteiger partial charge in [0.15, 0.2) is 5.82 Å². The summed E-state index contributed by atoms with van der Waals surface area (Å²) >= 11 is 0. The van der Waals surface area contributed by atoms with E-state index in [1.165, 1.54) is 0 Å². The van der Waals surface area contributed by atoms with Gasteiger partial charge in [-0.2, -0.15) is 0 Å². The van der Waals surface area contributed by atoms with Crippen molar-refractivity contribution >= 4 is 23.2 Å². The van der Waals surface area contributed by atoms with Crippen molar-refractivity contribution in [1.82, 2.24) is 20.2 Å². The van der Waals surface area contributed by atoms with E-state index in [9.17, 15) is 4.79 Å². The Morgan fingerprint density at radius 2 is 1.82 bits per heavy atom. The largest absolute Gasteiger partial charge is 0.335 e. The first-order chi connectivity index (χ1) is 13.6. The molecule has 0 spiro atoms. The molecule has 1 N–H and O–H groups in total. The summed E-state index contributed by atoms with van der Waals surface area (Å²) in [7, 11) is 0. The zero-order chi connectivity index (χ0) is 19.5. The third-order valence-electron chi connectivity index (χ3n) is 5.67. The maximum atomic E-state index is 13.0. The first-order valence-electron chi connectivity index (χ1n) is 10.1. The van der Waals surface area contributed by atoms with Crippen LogP contribution in [0.5, 0.6) is 0 Å². The number of fused-ring (bicyclic) bond motifs is 1. The van der Waals surface area contributed by atoms with Crippen molar-refractivity contribution in [2.24, 2.45) is 0 Å². The summed E-state index contributed by atoms with van der Waals surface area (Å²) in [4.78, 5) is 28.1. The molecule has 7 heteroatoms. The molecule has 1 saturated heterocycles. The Morgan fingerprint density at radius 1 is 1.07 bits per heavy atom. The molecule has 1 aromatic heterocycles. The molecule has 148 valence electrons. The van der Waals surface area contributed by atoms with Gasteiger partial charge in [-0.3, -0.25) is 9.88 Å². The number of rotatable bonds is 3. The summed E-state index contributed by atoms with van der Waals surface area (Å²) in [5.41, 5.74) is 1.90. The van der Waals surface area contributed by atoms with Crippen LogP contribution in [0.25, 0.3) is 0 Å². The summed E-state index contributed by atoms with van der Waals surface area (Å²) < 4.78 is 0. The Bertz CT molecular complexity index is 804. The smallest absolute Gasteiger partial charge is 0.322 e. The van der Waals surface area contributed by atoms with E-state index in [1.807, 2.05) is 29.2 Å². The van der Waals surface area contributed by atoms with Gasteiger partial charge in [0, 0.05) is 50.7 Å². The molecule has 2 aromatic rings. The van der Waals surface area contributed by atoms with Gasteiger partial charge in [0.25, 0.3) is 0 Å². The second kappa shape index (κ2) is 8.14. The quantitative estimate of drug-likeness (QED) is 0.887. The number of carbonyl (C=O) groups excluding carboxylic acids is 1. The van der Waals surface area contributed by atoms with E-state index >= 15 is 0 Å². The highest BCUT2D eigenvalue weighted by atomic mass is 16.2. The third-order valence-corrected chi connectivity index (χ3v) is 5.67. The highest BCUT2D eigenvalue weighted by Crippen LogP contribution is 2.36. The number of piperidine rings is 1. The van der Waals surface area contributed by atoms with E-state index in [0.29, 0.717) is 19.1 Å². The van der Waals surface area contributed by atoms with E-state index < -0.39 is 0 Å². The van der Waals surface area contributed by atoms with Crippen molar-refractivity contribution in [2.75, 3.05) is 36.0 Å². The number of amides is 2. The Morgan fingerprint density at radius 3 is 2.50 bits per heavy atom. The van der Waals surface area contributed by atoms with E-state index in [0.717, 1.165) is 43.1 Å². The number of anilines is 3. The minimum Gasteiger partial charge on any atom is -0.335 e. The minimum atomic E-state index is -0.00533. The van der Waals surface area contributed by atoms with Crippen molar-refractivity contribution in [3.63, 3.8) is 0 Å². The Kier molecular flexibility index (Phi) is 5.43. The van der Waals surface area contributed by atoms with E-state index in [4.69, 9.17) is 0 Å². The minimum absolute atomic E-state index is 0.00533. The lowest BCUT2D eigenvalue weighted by Crippen LogP contribution is -2.52. The Balaban J connectivity index is 1.47. The molecule has 2 aliphatic rings. The molecule has 0 bridgehead atoms. The Hall–Kier alpha value is -2.67. The summed E-state index contributed by atoms with van der Waals surface area (Å²) in [5, 5.41) is 3.26. The molecule has 1 aromatic carbocycles. The number of likely N-dealkylation sites (tertiary alicyclic amines) is 1. The average molecular weight is 380 g/mol. The van der Waals surface area contributed by atoms with Crippen LogP contribution in [0.2, 0.25) is 0 Å². The fourth-order valence-electron chi connectivity index (χ4n) is 4.05.